The molecular formula is C23H21N5O4. The Bertz CT molecular complexity index is 1350. The third kappa shape index (κ3) is 3.58. The molecule has 4 aromatic rings. The van der Waals surface area contributed by atoms with E-state index in [0.29, 0.717) is 35.6 Å². The Hall–Kier alpha value is -4.14. The van der Waals surface area contributed by atoms with Crippen molar-refractivity contribution in [2.75, 3.05) is 13.3 Å². The van der Waals surface area contributed by atoms with Gasteiger partial charge < -0.3 is 14.4 Å². The molecule has 32 heavy (non-hydrogen) atoms. The molecule has 1 aliphatic heterocycles. The Kier molecular flexibility index (Phi) is 5.06. The van der Waals surface area contributed by atoms with Crippen LogP contribution in [0.1, 0.15) is 12.5 Å². The number of carbonyl (C=O) groups excluding carboxylic acids is 1. The second-order valence-electron chi connectivity index (χ2n) is 7.40. The van der Waals surface area contributed by atoms with E-state index in [1.165, 1.54) is 17.1 Å². The van der Waals surface area contributed by atoms with Gasteiger partial charge in [0.25, 0.3) is 5.56 Å². The van der Waals surface area contributed by atoms with Crippen LogP contribution in [-0.4, -0.2) is 43.5 Å². The van der Waals surface area contributed by atoms with Crippen molar-refractivity contribution in [1.82, 2.24) is 24.2 Å². The van der Waals surface area contributed by atoms with Gasteiger partial charge in [-0.05, 0) is 36.8 Å². The molecule has 162 valence electrons. The third-order valence-electron chi connectivity index (χ3n) is 5.41. The minimum Gasteiger partial charge on any atom is -0.454 e. The molecule has 0 saturated carbocycles. The van der Waals surface area contributed by atoms with Crippen LogP contribution in [0.2, 0.25) is 0 Å². The zero-order valence-corrected chi connectivity index (χ0v) is 17.5. The van der Waals surface area contributed by atoms with Crippen molar-refractivity contribution in [1.29, 1.82) is 0 Å². The Morgan fingerprint density at radius 3 is 2.75 bits per heavy atom. The van der Waals surface area contributed by atoms with Crippen LogP contribution >= 0.6 is 0 Å². The van der Waals surface area contributed by atoms with E-state index < -0.39 is 0 Å². The van der Waals surface area contributed by atoms with Crippen LogP contribution in [0.25, 0.3) is 16.7 Å². The molecule has 5 rings (SSSR count). The van der Waals surface area contributed by atoms with Gasteiger partial charge >= 0.3 is 0 Å². The molecule has 9 heteroatoms. The average molecular weight is 431 g/mol. The Labute approximate surface area is 183 Å². The lowest BCUT2D eigenvalue weighted by atomic mass is 10.2. The Morgan fingerprint density at radius 1 is 1.12 bits per heavy atom. The maximum atomic E-state index is 13.0. The predicted octanol–water partition coefficient (Wildman–Crippen LogP) is 2.36. The fraction of sp³-hybridized carbons (Fsp3) is 0.217. The number of fused-ring (bicyclic) bond motifs is 2. The van der Waals surface area contributed by atoms with E-state index in [9.17, 15) is 9.59 Å². The van der Waals surface area contributed by atoms with E-state index in [4.69, 9.17) is 9.47 Å². The highest BCUT2D eigenvalue weighted by atomic mass is 16.7. The summed E-state index contributed by atoms with van der Waals surface area (Å²) >= 11 is 0. The maximum Gasteiger partial charge on any atom is 0.264 e. The standard InChI is InChI=1S/C23H21N5O4/c1-2-26(12-16-8-9-19-20(10-16)32-15-31-19)21(29)13-27-14-24-22-18(23(27)30)11-25-28(22)17-6-4-3-5-7-17/h3-11,14H,2,12-13,15H2,1H3. The third-order valence-corrected chi connectivity index (χ3v) is 5.41. The molecule has 0 atom stereocenters. The summed E-state index contributed by atoms with van der Waals surface area (Å²) in [5, 5.41) is 4.67. The predicted molar refractivity (Wildman–Crippen MR) is 117 cm³/mol. The van der Waals surface area contributed by atoms with Crippen LogP contribution in [0.3, 0.4) is 0 Å². The molecule has 0 saturated heterocycles. The zero-order chi connectivity index (χ0) is 22.1. The highest BCUT2D eigenvalue weighted by Crippen LogP contribution is 2.32. The van der Waals surface area contributed by atoms with Crippen molar-refractivity contribution >= 4 is 16.9 Å². The van der Waals surface area contributed by atoms with E-state index in [2.05, 4.69) is 10.1 Å². The van der Waals surface area contributed by atoms with Gasteiger partial charge in [0.2, 0.25) is 12.7 Å². The summed E-state index contributed by atoms with van der Waals surface area (Å²) in [6, 6.07) is 15.1. The van der Waals surface area contributed by atoms with Gasteiger partial charge in [0.05, 0.1) is 11.9 Å². The smallest absolute Gasteiger partial charge is 0.264 e. The van der Waals surface area contributed by atoms with Crippen molar-refractivity contribution < 1.29 is 14.3 Å². The molecule has 0 spiro atoms. The first kappa shape index (κ1) is 19.8. The van der Waals surface area contributed by atoms with Gasteiger partial charge in [0.1, 0.15) is 18.3 Å². The zero-order valence-electron chi connectivity index (χ0n) is 17.5. The lowest BCUT2D eigenvalue weighted by molar-refractivity contribution is -0.132. The van der Waals surface area contributed by atoms with Crippen molar-refractivity contribution in [3.05, 3.63) is 77.0 Å². The average Bonchev–Trinajstić information content (AvgIpc) is 3.46. The van der Waals surface area contributed by atoms with Crippen LogP contribution in [0.15, 0.2) is 65.8 Å². The molecule has 0 aliphatic carbocycles. The number of nitrogens with zero attached hydrogens (tertiary/aromatic N) is 5. The fourth-order valence-electron chi connectivity index (χ4n) is 3.70. The van der Waals surface area contributed by atoms with Crippen LogP contribution in [0.4, 0.5) is 0 Å². The summed E-state index contributed by atoms with van der Waals surface area (Å²) < 4.78 is 13.7. The number of benzene rings is 2. The minimum atomic E-state index is -0.301. The fourth-order valence-corrected chi connectivity index (χ4v) is 3.70. The molecule has 2 aromatic heterocycles. The molecule has 0 unspecified atom stereocenters. The molecule has 1 amide bonds. The van der Waals surface area contributed by atoms with Crippen LogP contribution in [-0.2, 0) is 17.9 Å². The minimum absolute atomic E-state index is 0.101. The van der Waals surface area contributed by atoms with Crippen LogP contribution in [0, 0.1) is 0 Å². The molecule has 0 radical (unpaired) electrons. The number of amides is 1. The van der Waals surface area contributed by atoms with E-state index in [0.717, 1.165) is 11.3 Å². The van der Waals surface area contributed by atoms with Crippen LogP contribution < -0.4 is 15.0 Å². The van der Waals surface area contributed by atoms with Gasteiger partial charge in [-0.3, -0.25) is 14.2 Å². The summed E-state index contributed by atoms with van der Waals surface area (Å²) in [5.74, 6) is 1.20. The van der Waals surface area contributed by atoms with E-state index in [1.54, 1.807) is 9.58 Å². The molecule has 2 aromatic carbocycles. The molecule has 3 heterocycles. The summed E-state index contributed by atoms with van der Waals surface area (Å²) in [6.45, 7) is 2.91. The first-order valence-electron chi connectivity index (χ1n) is 10.3. The van der Waals surface area contributed by atoms with Crippen molar-refractivity contribution in [2.45, 2.75) is 20.0 Å². The summed E-state index contributed by atoms with van der Waals surface area (Å²) in [7, 11) is 0. The second kappa shape index (κ2) is 8.18. The largest absolute Gasteiger partial charge is 0.454 e. The molecule has 1 aliphatic rings. The molecule has 0 N–H and O–H groups in total. The van der Waals surface area contributed by atoms with Gasteiger partial charge in [-0.15, -0.1) is 0 Å². The van der Waals surface area contributed by atoms with E-state index in [1.807, 2.05) is 55.5 Å². The summed E-state index contributed by atoms with van der Waals surface area (Å²) in [5.41, 5.74) is 1.89. The molecular weight excluding hydrogens is 410 g/mol. The van der Waals surface area contributed by atoms with Crippen molar-refractivity contribution in [2.24, 2.45) is 0 Å². The van der Waals surface area contributed by atoms with Gasteiger partial charge in [-0.1, -0.05) is 24.3 Å². The number of carbonyl (C=O) groups is 1. The monoisotopic (exact) mass is 431 g/mol. The SMILES string of the molecule is CCN(Cc1ccc2c(c1)OCO2)C(=O)Cn1cnc2c(cnn2-c2ccccc2)c1=O. The quantitative estimate of drug-likeness (QED) is 0.466. The molecule has 0 bridgehead atoms. The van der Waals surface area contributed by atoms with Gasteiger partial charge in [0, 0.05) is 13.1 Å². The number of aromatic nitrogens is 4. The highest BCUT2D eigenvalue weighted by molar-refractivity contribution is 5.78. The first-order valence-corrected chi connectivity index (χ1v) is 10.3. The second-order valence-corrected chi connectivity index (χ2v) is 7.40. The van der Waals surface area contributed by atoms with Gasteiger partial charge in [0.15, 0.2) is 17.1 Å². The van der Waals surface area contributed by atoms with Gasteiger partial charge in [-0.25, -0.2) is 9.67 Å². The molecule has 9 nitrogen and oxygen atoms in total. The number of likely N-dealkylation sites (N-methyl/N-ethyl adjacent to an activating group) is 1. The topological polar surface area (TPSA) is 91.5 Å². The van der Waals surface area contributed by atoms with Gasteiger partial charge in [-0.2, -0.15) is 5.10 Å². The number of rotatable bonds is 6. The maximum absolute atomic E-state index is 13.0. The summed E-state index contributed by atoms with van der Waals surface area (Å²) in [6.07, 6.45) is 2.89. The highest BCUT2D eigenvalue weighted by Gasteiger charge is 2.19. The lowest BCUT2D eigenvalue weighted by Gasteiger charge is -2.21. The molecule has 0 fully saturated rings. The Morgan fingerprint density at radius 2 is 1.94 bits per heavy atom. The number of hydrogen-bond donors (Lipinski definition) is 0. The van der Waals surface area contributed by atoms with Crippen molar-refractivity contribution in [3.63, 3.8) is 0 Å². The van der Waals surface area contributed by atoms with Crippen molar-refractivity contribution in [3.8, 4) is 17.2 Å². The first-order chi connectivity index (χ1) is 15.6. The normalized spacial score (nSPS) is 12.3. The number of hydrogen-bond acceptors (Lipinski definition) is 6. The Balaban J connectivity index is 1.36. The van der Waals surface area contributed by atoms with E-state index in [-0.39, 0.29) is 24.8 Å². The van der Waals surface area contributed by atoms with Crippen LogP contribution in [0.5, 0.6) is 11.5 Å². The summed E-state index contributed by atoms with van der Waals surface area (Å²) in [4.78, 5) is 32.0. The lowest BCUT2D eigenvalue weighted by Crippen LogP contribution is -2.36. The number of ether oxygens (including phenoxy) is 2. The number of para-hydroxylation sites is 1. The van der Waals surface area contributed by atoms with E-state index >= 15 is 0 Å².